The zero-order valence-corrected chi connectivity index (χ0v) is 18.4. The van der Waals surface area contributed by atoms with Gasteiger partial charge in [0.1, 0.15) is 5.82 Å². The first-order chi connectivity index (χ1) is 13.2. The molecule has 5 nitrogen and oxygen atoms in total. The topological polar surface area (TPSA) is 65.5 Å². The second-order valence-electron chi connectivity index (χ2n) is 6.00. The van der Waals surface area contributed by atoms with Crippen LogP contribution in [0, 0.1) is 5.82 Å². The van der Waals surface area contributed by atoms with E-state index < -0.39 is 0 Å². The predicted octanol–water partition coefficient (Wildman–Crippen LogP) is 3.36. The number of hydrogen-bond acceptors (Lipinski definition) is 2. The summed E-state index contributed by atoms with van der Waals surface area (Å²) >= 11 is 0. The van der Waals surface area contributed by atoms with Crippen molar-refractivity contribution in [1.29, 1.82) is 0 Å². The van der Waals surface area contributed by atoms with E-state index in [-0.39, 0.29) is 35.7 Å². The highest BCUT2D eigenvalue weighted by molar-refractivity contribution is 14.0. The minimum Gasteiger partial charge on any atom is -0.357 e. The third-order valence-corrected chi connectivity index (χ3v) is 3.92. The quantitative estimate of drug-likeness (QED) is 0.215. The predicted molar refractivity (Wildman–Crippen MR) is 123 cm³/mol. The molecule has 0 saturated heterocycles. The Balaban J connectivity index is 0.00000392. The fraction of sp³-hybridized carbons (Fsp3) is 0.333. The summed E-state index contributed by atoms with van der Waals surface area (Å²) in [5.41, 5.74) is 1.34. The van der Waals surface area contributed by atoms with Crippen LogP contribution >= 0.6 is 24.0 Å². The summed E-state index contributed by atoms with van der Waals surface area (Å²) in [4.78, 5) is 16.4. The monoisotopic (exact) mass is 498 g/mol. The molecule has 0 radical (unpaired) electrons. The number of nitrogens with one attached hydrogen (secondary N) is 3. The van der Waals surface area contributed by atoms with Gasteiger partial charge in [-0.05, 0) is 43.5 Å². The molecule has 0 aliphatic heterocycles. The molecular weight excluding hydrogens is 470 g/mol. The van der Waals surface area contributed by atoms with Gasteiger partial charge >= 0.3 is 0 Å². The van der Waals surface area contributed by atoms with E-state index in [1.54, 1.807) is 24.3 Å². The number of hydrogen-bond donors (Lipinski definition) is 3. The van der Waals surface area contributed by atoms with Gasteiger partial charge in [0.15, 0.2) is 5.96 Å². The van der Waals surface area contributed by atoms with Crippen molar-refractivity contribution in [2.24, 2.45) is 4.99 Å². The van der Waals surface area contributed by atoms with Gasteiger partial charge in [0.05, 0.1) is 0 Å². The molecule has 0 aliphatic rings. The summed E-state index contributed by atoms with van der Waals surface area (Å²) in [6.45, 7) is 4.48. The first kappa shape index (κ1) is 23.9. The average molecular weight is 498 g/mol. The van der Waals surface area contributed by atoms with Crippen molar-refractivity contribution >= 4 is 35.8 Å². The first-order valence-corrected chi connectivity index (χ1v) is 9.29. The summed E-state index contributed by atoms with van der Waals surface area (Å²) in [5, 5.41) is 9.26. The van der Waals surface area contributed by atoms with Gasteiger partial charge in [-0.25, -0.2) is 4.39 Å². The normalized spacial score (nSPS) is 10.7. The van der Waals surface area contributed by atoms with E-state index in [2.05, 4.69) is 20.9 Å². The van der Waals surface area contributed by atoms with Crippen LogP contribution < -0.4 is 16.0 Å². The molecule has 3 N–H and O–H groups in total. The molecule has 1 amide bonds. The smallest absolute Gasteiger partial charge is 0.251 e. The fourth-order valence-electron chi connectivity index (χ4n) is 2.52. The Morgan fingerprint density at radius 2 is 1.68 bits per heavy atom. The van der Waals surface area contributed by atoms with Crippen LogP contribution in [0.3, 0.4) is 0 Å². The fourth-order valence-corrected chi connectivity index (χ4v) is 2.52. The van der Waals surface area contributed by atoms with Crippen LogP contribution in [-0.4, -0.2) is 38.0 Å². The number of aliphatic imine (C=N–C) groups is 1. The Hall–Kier alpha value is -2.16. The Morgan fingerprint density at radius 3 is 2.39 bits per heavy atom. The van der Waals surface area contributed by atoms with Gasteiger partial charge in [-0.2, -0.15) is 0 Å². The Bertz CT molecular complexity index is 740. The molecule has 28 heavy (non-hydrogen) atoms. The van der Waals surface area contributed by atoms with E-state index >= 15 is 0 Å². The van der Waals surface area contributed by atoms with Crippen molar-refractivity contribution < 1.29 is 9.18 Å². The molecule has 0 saturated carbocycles. The lowest BCUT2D eigenvalue weighted by Gasteiger charge is -2.11. The Labute approximate surface area is 183 Å². The maximum atomic E-state index is 13.6. The molecule has 0 unspecified atom stereocenters. The molecule has 0 fully saturated rings. The van der Waals surface area contributed by atoms with Gasteiger partial charge in [-0.1, -0.05) is 36.4 Å². The third-order valence-electron chi connectivity index (χ3n) is 3.92. The number of carbonyl (C=O) groups is 1. The standard InChI is InChI=1S/C21H27FN4O.HI/c1-2-23-21(26-16-13-17-9-6-7-12-19(17)22)25-15-8-14-24-20(27)18-10-4-3-5-11-18;/h3-7,9-12H,2,8,13-16H2,1H3,(H,24,27)(H2,23,25,26);1H. The highest BCUT2D eigenvalue weighted by Crippen LogP contribution is 2.06. The lowest BCUT2D eigenvalue weighted by Crippen LogP contribution is -2.38. The number of guanidine groups is 1. The van der Waals surface area contributed by atoms with E-state index in [4.69, 9.17) is 0 Å². The van der Waals surface area contributed by atoms with E-state index in [0.29, 0.717) is 43.1 Å². The van der Waals surface area contributed by atoms with Gasteiger partial charge in [-0.15, -0.1) is 24.0 Å². The molecule has 0 spiro atoms. The number of nitrogens with zero attached hydrogens (tertiary/aromatic N) is 1. The summed E-state index contributed by atoms with van der Waals surface area (Å²) in [6.07, 6.45) is 1.33. The molecule has 0 bridgehead atoms. The van der Waals surface area contributed by atoms with Crippen molar-refractivity contribution in [3.8, 4) is 0 Å². The number of carbonyl (C=O) groups excluding carboxylic acids is 1. The summed E-state index contributed by atoms with van der Waals surface area (Å²) < 4.78 is 13.6. The molecule has 7 heteroatoms. The van der Waals surface area contributed by atoms with Gasteiger partial charge in [0.2, 0.25) is 0 Å². The van der Waals surface area contributed by atoms with Crippen LogP contribution in [0.15, 0.2) is 59.6 Å². The first-order valence-electron chi connectivity index (χ1n) is 9.29. The van der Waals surface area contributed by atoms with E-state index in [0.717, 1.165) is 13.0 Å². The molecule has 0 heterocycles. The molecule has 0 atom stereocenters. The van der Waals surface area contributed by atoms with Crippen LogP contribution in [0.5, 0.6) is 0 Å². The lowest BCUT2D eigenvalue weighted by atomic mass is 10.1. The minimum atomic E-state index is -0.185. The molecule has 2 aromatic rings. The van der Waals surface area contributed by atoms with Crippen molar-refractivity contribution in [3.05, 3.63) is 71.5 Å². The number of halogens is 2. The molecule has 0 aliphatic carbocycles. The van der Waals surface area contributed by atoms with Crippen LogP contribution in [0.1, 0.15) is 29.3 Å². The summed E-state index contributed by atoms with van der Waals surface area (Å²) in [6, 6.07) is 15.9. The van der Waals surface area contributed by atoms with E-state index in [9.17, 15) is 9.18 Å². The average Bonchev–Trinajstić information content (AvgIpc) is 2.69. The van der Waals surface area contributed by atoms with Crippen LogP contribution in [0.2, 0.25) is 0 Å². The Kier molecular flexibility index (Phi) is 11.9. The molecular formula is C21H28FIN4O. The van der Waals surface area contributed by atoms with E-state index in [1.165, 1.54) is 6.07 Å². The number of amides is 1. The zero-order chi connectivity index (χ0) is 19.3. The maximum Gasteiger partial charge on any atom is 0.251 e. The third kappa shape index (κ3) is 8.69. The second-order valence-corrected chi connectivity index (χ2v) is 6.00. The SMILES string of the molecule is CCNC(=NCCCNC(=O)c1ccccc1)NCCc1ccccc1F.I. The molecule has 152 valence electrons. The summed E-state index contributed by atoms with van der Waals surface area (Å²) in [7, 11) is 0. The van der Waals surface area contributed by atoms with Gasteiger partial charge < -0.3 is 16.0 Å². The van der Waals surface area contributed by atoms with Gasteiger partial charge in [0, 0.05) is 31.7 Å². The Morgan fingerprint density at radius 1 is 0.964 bits per heavy atom. The highest BCUT2D eigenvalue weighted by atomic mass is 127. The molecule has 2 aromatic carbocycles. The number of benzene rings is 2. The minimum absolute atomic E-state index is 0. The van der Waals surface area contributed by atoms with E-state index in [1.807, 2.05) is 31.2 Å². The van der Waals surface area contributed by atoms with Crippen LogP contribution in [-0.2, 0) is 6.42 Å². The lowest BCUT2D eigenvalue weighted by molar-refractivity contribution is 0.0953. The summed E-state index contributed by atoms with van der Waals surface area (Å²) in [5.74, 6) is 0.438. The van der Waals surface area contributed by atoms with Crippen molar-refractivity contribution in [2.75, 3.05) is 26.2 Å². The van der Waals surface area contributed by atoms with Crippen LogP contribution in [0.4, 0.5) is 4.39 Å². The molecule has 2 rings (SSSR count). The van der Waals surface area contributed by atoms with Crippen molar-refractivity contribution in [1.82, 2.24) is 16.0 Å². The van der Waals surface area contributed by atoms with Crippen molar-refractivity contribution in [2.45, 2.75) is 19.8 Å². The highest BCUT2D eigenvalue weighted by Gasteiger charge is 2.03. The number of rotatable bonds is 9. The largest absolute Gasteiger partial charge is 0.357 e. The van der Waals surface area contributed by atoms with Crippen molar-refractivity contribution in [3.63, 3.8) is 0 Å². The second kappa shape index (κ2) is 13.9. The maximum absolute atomic E-state index is 13.6. The van der Waals surface area contributed by atoms with Crippen LogP contribution in [0.25, 0.3) is 0 Å². The molecule has 0 aromatic heterocycles. The zero-order valence-electron chi connectivity index (χ0n) is 16.1. The van der Waals surface area contributed by atoms with Gasteiger partial charge in [-0.3, -0.25) is 9.79 Å². The van der Waals surface area contributed by atoms with Gasteiger partial charge in [0.25, 0.3) is 5.91 Å².